The Balaban J connectivity index is 4.41. The Morgan fingerprint density at radius 2 is 0.839 bits per heavy atom. The Hall–Kier alpha value is -3.15. The molecule has 0 saturated carbocycles. The highest BCUT2D eigenvalue weighted by Gasteiger charge is 2.19. The van der Waals surface area contributed by atoms with Gasteiger partial charge in [0.25, 0.3) is 0 Å². The van der Waals surface area contributed by atoms with Crippen molar-refractivity contribution in [2.45, 2.75) is 213 Å². The normalized spacial score (nSPS) is 12.7. The quantitative estimate of drug-likeness (QED) is 0.0203. The van der Waals surface area contributed by atoms with E-state index in [0.717, 1.165) is 89.9 Å². The molecule has 0 fully saturated rings. The zero-order chi connectivity index (χ0) is 40.8. The molecule has 320 valence electrons. The van der Waals surface area contributed by atoms with Gasteiger partial charge in [-0.15, -0.1) is 0 Å². The van der Waals surface area contributed by atoms with E-state index in [9.17, 15) is 14.4 Å². The van der Waals surface area contributed by atoms with E-state index in [2.05, 4.69) is 81.5 Å². The monoisotopic (exact) mass is 781 g/mol. The second-order valence-electron chi connectivity index (χ2n) is 15.0. The summed E-state index contributed by atoms with van der Waals surface area (Å²) >= 11 is 0. The van der Waals surface area contributed by atoms with Crippen molar-refractivity contribution in [2.75, 3.05) is 13.2 Å². The molecule has 0 saturated heterocycles. The van der Waals surface area contributed by atoms with Crippen LogP contribution in [-0.2, 0) is 28.6 Å². The van der Waals surface area contributed by atoms with Gasteiger partial charge in [-0.1, -0.05) is 184 Å². The summed E-state index contributed by atoms with van der Waals surface area (Å²) in [4.78, 5) is 37.6. The summed E-state index contributed by atoms with van der Waals surface area (Å²) in [5.74, 6) is -1.07. The summed E-state index contributed by atoms with van der Waals surface area (Å²) in [5.41, 5.74) is 0. The zero-order valence-electron chi connectivity index (χ0n) is 36.4. The Morgan fingerprint density at radius 1 is 0.411 bits per heavy atom. The molecule has 0 aliphatic rings. The highest BCUT2D eigenvalue weighted by molar-refractivity contribution is 5.72. The van der Waals surface area contributed by atoms with E-state index in [-0.39, 0.29) is 31.6 Å². The van der Waals surface area contributed by atoms with Crippen LogP contribution in [0.1, 0.15) is 207 Å². The molecule has 6 heteroatoms. The SMILES string of the molecule is CC/C=C\C/C=C\C/C=C\CC(=O)OCC(COC(=O)CCCCCCC/C=C\C=C/CCCCCCCCC)OC(=O)CCCCCCC/C=C\CCCC. The average molecular weight is 781 g/mol. The van der Waals surface area contributed by atoms with Crippen LogP contribution in [0.25, 0.3) is 0 Å². The van der Waals surface area contributed by atoms with Crippen LogP contribution < -0.4 is 0 Å². The Kier molecular flexibility index (Phi) is 42.1. The summed E-state index contributed by atoms with van der Waals surface area (Å²) < 4.78 is 16.5. The van der Waals surface area contributed by atoms with Crippen molar-refractivity contribution >= 4 is 17.9 Å². The molecular formula is C50H84O6. The molecule has 0 rings (SSSR count). The molecule has 6 nitrogen and oxygen atoms in total. The maximum atomic E-state index is 12.7. The van der Waals surface area contributed by atoms with E-state index in [4.69, 9.17) is 14.2 Å². The van der Waals surface area contributed by atoms with Crippen molar-refractivity contribution in [3.63, 3.8) is 0 Å². The van der Waals surface area contributed by atoms with Crippen LogP contribution in [0.5, 0.6) is 0 Å². The van der Waals surface area contributed by atoms with Crippen LogP contribution in [0.4, 0.5) is 0 Å². The van der Waals surface area contributed by atoms with Crippen molar-refractivity contribution in [2.24, 2.45) is 0 Å². The van der Waals surface area contributed by atoms with E-state index < -0.39 is 12.1 Å². The summed E-state index contributed by atoms with van der Waals surface area (Å²) in [6.07, 6.45) is 54.9. The maximum Gasteiger partial charge on any atom is 0.309 e. The second-order valence-corrected chi connectivity index (χ2v) is 15.0. The summed E-state index contributed by atoms with van der Waals surface area (Å²) in [7, 11) is 0. The summed E-state index contributed by atoms with van der Waals surface area (Å²) in [5, 5.41) is 0. The van der Waals surface area contributed by atoms with E-state index in [0.29, 0.717) is 12.8 Å². The van der Waals surface area contributed by atoms with Crippen LogP contribution >= 0.6 is 0 Å². The molecule has 1 atom stereocenters. The van der Waals surface area contributed by atoms with Crippen LogP contribution in [0, 0.1) is 0 Å². The molecule has 0 heterocycles. The molecule has 1 unspecified atom stereocenters. The standard InChI is InChI=1S/C50H84O6/c1-4-7-10-13-16-19-21-22-23-24-25-26-27-29-31-34-37-40-43-49(52)55-46-47(45-54-48(51)42-39-36-33-30-18-15-12-9-6-3)56-50(53)44-41-38-35-32-28-20-17-14-11-8-5-2/h9,12,14,17-18,23-26,30,36,39,47H,4-8,10-11,13,15-16,19-22,27-29,31-35,37-38,40-46H2,1-3H3/b12-9-,17-14-,24-23-,26-25-,30-18-,39-36-. The van der Waals surface area contributed by atoms with Gasteiger partial charge in [0.1, 0.15) is 13.2 Å². The highest BCUT2D eigenvalue weighted by Crippen LogP contribution is 2.12. The van der Waals surface area contributed by atoms with Gasteiger partial charge in [-0.2, -0.15) is 0 Å². The molecule has 0 spiro atoms. The number of esters is 3. The van der Waals surface area contributed by atoms with E-state index in [1.165, 1.54) is 77.0 Å². The van der Waals surface area contributed by atoms with Gasteiger partial charge in [0.15, 0.2) is 6.10 Å². The van der Waals surface area contributed by atoms with Gasteiger partial charge in [0, 0.05) is 12.8 Å². The average Bonchev–Trinajstić information content (AvgIpc) is 3.19. The summed E-state index contributed by atoms with van der Waals surface area (Å²) in [6.45, 7) is 6.34. The van der Waals surface area contributed by atoms with Crippen molar-refractivity contribution in [1.82, 2.24) is 0 Å². The largest absolute Gasteiger partial charge is 0.462 e. The Bertz CT molecular complexity index is 1080. The van der Waals surface area contributed by atoms with Crippen LogP contribution in [0.3, 0.4) is 0 Å². The third-order valence-corrected chi connectivity index (χ3v) is 9.48. The molecule has 56 heavy (non-hydrogen) atoms. The third kappa shape index (κ3) is 42.0. The van der Waals surface area contributed by atoms with Gasteiger partial charge in [-0.3, -0.25) is 14.4 Å². The van der Waals surface area contributed by atoms with Gasteiger partial charge >= 0.3 is 17.9 Å². The van der Waals surface area contributed by atoms with Crippen molar-refractivity contribution in [3.05, 3.63) is 72.9 Å². The number of ether oxygens (including phenoxy) is 3. The van der Waals surface area contributed by atoms with E-state index in [1.807, 2.05) is 6.08 Å². The Morgan fingerprint density at radius 3 is 1.39 bits per heavy atom. The molecule has 0 radical (unpaired) electrons. The molecule has 0 aromatic carbocycles. The first kappa shape index (κ1) is 52.9. The predicted octanol–water partition coefficient (Wildman–Crippen LogP) is 14.7. The number of carbonyl (C=O) groups excluding carboxylic acids is 3. The summed E-state index contributed by atoms with van der Waals surface area (Å²) in [6, 6.07) is 0. The van der Waals surface area contributed by atoms with Gasteiger partial charge in [-0.25, -0.2) is 0 Å². The molecule has 0 aliphatic carbocycles. The first-order valence-corrected chi connectivity index (χ1v) is 23.0. The lowest BCUT2D eigenvalue weighted by atomic mass is 10.1. The van der Waals surface area contributed by atoms with Gasteiger partial charge in [0.05, 0.1) is 6.42 Å². The molecule has 0 N–H and O–H groups in total. The number of hydrogen-bond acceptors (Lipinski definition) is 6. The minimum Gasteiger partial charge on any atom is -0.462 e. The molecule has 0 bridgehead atoms. The van der Waals surface area contributed by atoms with Gasteiger partial charge < -0.3 is 14.2 Å². The number of carbonyl (C=O) groups is 3. The lowest BCUT2D eigenvalue weighted by molar-refractivity contribution is -0.166. The maximum absolute atomic E-state index is 12.7. The van der Waals surface area contributed by atoms with E-state index >= 15 is 0 Å². The number of unbranched alkanes of at least 4 members (excludes halogenated alkanes) is 19. The lowest BCUT2D eigenvalue weighted by Gasteiger charge is -2.18. The molecule has 0 amide bonds. The topological polar surface area (TPSA) is 78.9 Å². The minimum absolute atomic E-state index is 0.115. The first-order chi connectivity index (χ1) is 27.5. The molecule has 0 aromatic rings. The lowest BCUT2D eigenvalue weighted by Crippen LogP contribution is -2.30. The van der Waals surface area contributed by atoms with Gasteiger partial charge in [-0.05, 0) is 77.0 Å². The van der Waals surface area contributed by atoms with Crippen LogP contribution in [-0.4, -0.2) is 37.2 Å². The first-order valence-electron chi connectivity index (χ1n) is 23.0. The Labute approximate surface area is 344 Å². The fraction of sp³-hybridized carbons (Fsp3) is 0.700. The number of hydrogen-bond donors (Lipinski definition) is 0. The predicted molar refractivity (Wildman–Crippen MR) is 238 cm³/mol. The fourth-order valence-corrected chi connectivity index (χ4v) is 6.00. The fourth-order valence-electron chi connectivity index (χ4n) is 6.00. The minimum atomic E-state index is -0.818. The van der Waals surface area contributed by atoms with Crippen LogP contribution in [0.15, 0.2) is 72.9 Å². The van der Waals surface area contributed by atoms with E-state index in [1.54, 1.807) is 6.08 Å². The third-order valence-electron chi connectivity index (χ3n) is 9.48. The molecule has 0 aromatic heterocycles. The highest BCUT2D eigenvalue weighted by atomic mass is 16.6. The van der Waals surface area contributed by atoms with Gasteiger partial charge in [0.2, 0.25) is 0 Å². The van der Waals surface area contributed by atoms with Crippen molar-refractivity contribution in [3.8, 4) is 0 Å². The molecular weight excluding hydrogens is 697 g/mol. The second kappa shape index (κ2) is 44.6. The zero-order valence-corrected chi connectivity index (χ0v) is 36.4. The van der Waals surface area contributed by atoms with Crippen molar-refractivity contribution in [1.29, 1.82) is 0 Å². The molecule has 0 aliphatic heterocycles. The van der Waals surface area contributed by atoms with Crippen LogP contribution in [0.2, 0.25) is 0 Å². The number of allylic oxidation sites excluding steroid dienone is 11. The smallest absolute Gasteiger partial charge is 0.309 e. The number of rotatable bonds is 40. The van der Waals surface area contributed by atoms with Crippen molar-refractivity contribution < 1.29 is 28.6 Å².